The third-order valence-electron chi connectivity index (χ3n) is 6.25. The summed E-state index contributed by atoms with van der Waals surface area (Å²) in [5, 5.41) is 0. The lowest BCUT2D eigenvalue weighted by molar-refractivity contribution is -0.0373. The lowest BCUT2D eigenvalue weighted by atomic mass is 9.60. The van der Waals surface area contributed by atoms with E-state index in [1.165, 1.54) is 58.2 Å². The fourth-order valence-electron chi connectivity index (χ4n) is 4.74. The predicted molar refractivity (Wildman–Crippen MR) is 87.3 cm³/mol. The van der Waals surface area contributed by atoms with E-state index in [0.29, 0.717) is 11.5 Å². The summed E-state index contributed by atoms with van der Waals surface area (Å²) in [5.41, 5.74) is 0.715. The van der Waals surface area contributed by atoms with E-state index in [1.807, 2.05) is 0 Å². The largest absolute Gasteiger partial charge is 0.366 e. The van der Waals surface area contributed by atoms with E-state index in [9.17, 15) is 0 Å². The van der Waals surface area contributed by atoms with Crippen molar-refractivity contribution in [2.24, 2.45) is 11.3 Å². The first-order chi connectivity index (χ1) is 10.1. The van der Waals surface area contributed by atoms with E-state index < -0.39 is 0 Å². The van der Waals surface area contributed by atoms with Gasteiger partial charge in [0.05, 0.1) is 6.73 Å². The third-order valence-corrected chi connectivity index (χ3v) is 6.25. The molecule has 0 bridgehead atoms. The Labute approximate surface area is 131 Å². The molecule has 2 heterocycles. The maximum absolute atomic E-state index is 5.58. The zero-order valence-electron chi connectivity index (χ0n) is 14.3. The smallest absolute Gasteiger partial charge is 0.0992 e. The van der Waals surface area contributed by atoms with Crippen molar-refractivity contribution in [3.05, 3.63) is 0 Å². The van der Waals surface area contributed by atoms with Gasteiger partial charge >= 0.3 is 0 Å². The fourth-order valence-corrected chi connectivity index (χ4v) is 4.74. The number of nitrogens with zero attached hydrogens (tertiary/aromatic N) is 2. The molecule has 0 aromatic heterocycles. The average Bonchev–Trinajstić information content (AvgIpc) is 2.90. The maximum atomic E-state index is 5.58. The quantitative estimate of drug-likeness (QED) is 0.773. The Hall–Kier alpha value is -0.120. The van der Waals surface area contributed by atoms with Gasteiger partial charge in [0.25, 0.3) is 0 Å². The van der Waals surface area contributed by atoms with Gasteiger partial charge in [-0.05, 0) is 77.2 Å². The molecule has 3 fully saturated rings. The highest BCUT2D eigenvalue weighted by atomic mass is 16.5. The minimum absolute atomic E-state index is 0.706. The normalized spacial score (nSPS) is 36.3. The molecule has 1 unspecified atom stereocenters. The molecule has 1 spiro atoms. The molecule has 0 N–H and O–H groups in total. The van der Waals surface area contributed by atoms with Crippen LogP contribution in [-0.2, 0) is 4.74 Å². The van der Waals surface area contributed by atoms with Crippen molar-refractivity contribution in [3.8, 4) is 0 Å². The first-order valence-corrected chi connectivity index (χ1v) is 9.14. The lowest BCUT2D eigenvalue weighted by Crippen LogP contribution is -2.43. The molecule has 3 heteroatoms. The zero-order valence-corrected chi connectivity index (χ0v) is 14.3. The van der Waals surface area contributed by atoms with Gasteiger partial charge in [-0.25, -0.2) is 0 Å². The van der Waals surface area contributed by atoms with Crippen molar-refractivity contribution >= 4 is 0 Å². The summed E-state index contributed by atoms with van der Waals surface area (Å²) >= 11 is 0. The summed E-state index contributed by atoms with van der Waals surface area (Å²) in [6.45, 7) is 12.8. The first kappa shape index (κ1) is 15.8. The standard InChI is InChI=1S/C18H34N2O/c1-15(2)19-9-7-18(13-19)11-17(12-18)6-5-16(3)20-8-4-10-21-14-20/h15-17H,4-14H2,1-3H3. The van der Waals surface area contributed by atoms with E-state index in [-0.39, 0.29) is 0 Å². The van der Waals surface area contributed by atoms with Crippen molar-refractivity contribution in [2.75, 3.05) is 33.0 Å². The Morgan fingerprint density at radius 3 is 2.57 bits per heavy atom. The van der Waals surface area contributed by atoms with E-state index in [1.54, 1.807) is 0 Å². The number of ether oxygens (including phenoxy) is 1. The second kappa shape index (κ2) is 6.55. The zero-order chi connectivity index (χ0) is 14.9. The summed E-state index contributed by atoms with van der Waals surface area (Å²) in [4.78, 5) is 5.21. The van der Waals surface area contributed by atoms with Crippen molar-refractivity contribution in [1.82, 2.24) is 9.80 Å². The molecule has 1 aliphatic carbocycles. The van der Waals surface area contributed by atoms with Crippen molar-refractivity contribution in [1.29, 1.82) is 0 Å². The second-order valence-electron chi connectivity index (χ2n) is 8.22. The minimum Gasteiger partial charge on any atom is -0.366 e. The maximum Gasteiger partial charge on any atom is 0.0992 e. The molecule has 2 aliphatic heterocycles. The van der Waals surface area contributed by atoms with E-state index in [2.05, 4.69) is 30.6 Å². The Balaban J connectivity index is 1.35. The summed E-state index contributed by atoms with van der Waals surface area (Å²) in [6.07, 6.45) is 8.46. The van der Waals surface area contributed by atoms with Crippen LogP contribution in [0.25, 0.3) is 0 Å². The van der Waals surface area contributed by atoms with Crippen LogP contribution in [0.15, 0.2) is 0 Å². The molecule has 3 rings (SSSR count). The Morgan fingerprint density at radius 2 is 1.95 bits per heavy atom. The molecule has 122 valence electrons. The van der Waals surface area contributed by atoms with Gasteiger partial charge in [0, 0.05) is 31.8 Å². The van der Waals surface area contributed by atoms with Gasteiger partial charge in [-0.1, -0.05) is 0 Å². The minimum atomic E-state index is 0.706. The van der Waals surface area contributed by atoms with Crippen LogP contribution in [0.1, 0.15) is 59.3 Å². The van der Waals surface area contributed by atoms with Gasteiger partial charge in [0.15, 0.2) is 0 Å². The lowest BCUT2D eigenvalue weighted by Gasteiger charge is -2.46. The van der Waals surface area contributed by atoms with Crippen LogP contribution in [0.2, 0.25) is 0 Å². The molecular weight excluding hydrogens is 260 g/mol. The van der Waals surface area contributed by atoms with Gasteiger partial charge in [-0.3, -0.25) is 4.90 Å². The number of hydrogen-bond acceptors (Lipinski definition) is 3. The van der Waals surface area contributed by atoms with E-state index >= 15 is 0 Å². The first-order valence-electron chi connectivity index (χ1n) is 9.14. The van der Waals surface area contributed by atoms with Gasteiger partial charge in [0.2, 0.25) is 0 Å². The molecule has 1 saturated carbocycles. The Morgan fingerprint density at radius 1 is 1.14 bits per heavy atom. The molecule has 2 saturated heterocycles. The topological polar surface area (TPSA) is 15.7 Å². The third kappa shape index (κ3) is 3.62. The van der Waals surface area contributed by atoms with Crippen LogP contribution in [0.5, 0.6) is 0 Å². The van der Waals surface area contributed by atoms with Gasteiger partial charge in [-0.2, -0.15) is 0 Å². The number of rotatable bonds is 5. The monoisotopic (exact) mass is 294 g/mol. The van der Waals surface area contributed by atoms with Crippen LogP contribution < -0.4 is 0 Å². The van der Waals surface area contributed by atoms with Crippen LogP contribution in [0.4, 0.5) is 0 Å². The van der Waals surface area contributed by atoms with Crippen molar-refractivity contribution in [3.63, 3.8) is 0 Å². The van der Waals surface area contributed by atoms with Gasteiger partial charge in [-0.15, -0.1) is 0 Å². The molecule has 0 aromatic carbocycles. The Bertz CT molecular complexity index is 332. The second-order valence-corrected chi connectivity index (χ2v) is 8.22. The van der Waals surface area contributed by atoms with Crippen LogP contribution in [0, 0.1) is 11.3 Å². The molecular formula is C18H34N2O. The van der Waals surface area contributed by atoms with E-state index in [0.717, 1.165) is 25.3 Å². The Kier molecular flexibility index (Phi) is 4.92. The fraction of sp³-hybridized carbons (Fsp3) is 1.00. The average molecular weight is 294 g/mol. The van der Waals surface area contributed by atoms with Crippen LogP contribution in [0.3, 0.4) is 0 Å². The van der Waals surface area contributed by atoms with Gasteiger partial charge < -0.3 is 9.64 Å². The van der Waals surface area contributed by atoms with Crippen LogP contribution >= 0.6 is 0 Å². The molecule has 0 aromatic rings. The van der Waals surface area contributed by atoms with Crippen molar-refractivity contribution in [2.45, 2.75) is 71.4 Å². The highest BCUT2D eigenvalue weighted by Gasteiger charge is 2.48. The number of likely N-dealkylation sites (tertiary alicyclic amines) is 1. The summed E-state index contributed by atoms with van der Waals surface area (Å²) in [5.74, 6) is 1.00. The summed E-state index contributed by atoms with van der Waals surface area (Å²) < 4.78 is 5.58. The summed E-state index contributed by atoms with van der Waals surface area (Å²) in [7, 11) is 0. The molecule has 3 aliphatic rings. The molecule has 0 amide bonds. The highest BCUT2D eigenvalue weighted by Crippen LogP contribution is 2.53. The van der Waals surface area contributed by atoms with Crippen molar-refractivity contribution < 1.29 is 4.74 Å². The molecule has 21 heavy (non-hydrogen) atoms. The van der Waals surface area contributed by atoms with Gasteiger partial charge in [0.1, 0.15) is 0 Å². The predicted octanol–water partition coefficient (Wildman–Crippen LogP) is 3.35. The molecule has 1 atom stereocenters. The molecule has 0 radical (unpaired) electrons. The van der Waals surface area contributed by atoms with E-state index in [4.69, 9.17) is 4.74 Å². The number of hydrogen-bond donors (Lipinski definition) is 0. The highest BCUT2D eigenvalue weighted by molar-refractivity contribution is 5.00. The molecule has 3 nitrogen and oxygen atoms in total. The van der Waals surface area contributed by atoms with Crippen LogP contribution in [-0.4, -0.2) is 54.9 Å². The SMILES string of the molecule is CC(C)N1CCC2(CC(CCC(C)N3CCCOC3)C2)C1. The summed E-state index contributed by atoms with van der Waals surface area (Å²) in [6, 6.07) is 1.44.